The van der Waals surface area contributed by atoms with Crippen molar-refractivity contribution >= 4 is 23.4 Å². The van der Waals surface area contributed by atoms with Gasteiger partial charge in [-0.25, -0.2) is 10.8 Å². The maximum absolute atomic E-state index is 11.9. The van der Waals surface area contributed by atoms with Crippen LogP contribution in [0.25, 0.3) is 0 Å². The van der Waals surface area contributed by atoms with Gasteiger partial charge >= 0.3 is 5.69 Å². The molecule has 0 aliphatic carbocycles. The molecular weight excluding hydrogens is 266 g/mol. The second kappa shape index (κ2) is 6.10. The van der Waals surface area contributed by atoms with Gasteiger partial charge in [-0.15, -0.1) is 0 Å². The lowest BCUT2D eigenvalue weighted by Gasteiger charge is -2.15. The van der Waals surface area contributed by atoms with E-state index < -0.39 is 4.92 Å². The zero-order valence-electron chi connectivity index (χ0n) is 10.7. The molecule has 0 radical (unpaired) electrons. The summed E-state index contributed by atoms with van der Waals surface area (Å²) in [4.78, 5) is 31.3. The first-order chi connectivity index (χ1) is 9.61. The first-order valence-electron chi connectivity index (χ1n) is 6.11. The molecule has 10 nitrogen and oxygen atoms in total. The van der Waals surface area contributed by atoms with E-state index in [9.17, 15) is 14.9 Å². The topological polar surface area (TPSA) is 139 Å². The van der Waals surface area contributed by atoms with E-state index in [4.69, 9.17) is 5.84 Å². The van der Waals surface area contributed by atoms with E-state index in [0.717, 1.165) is 32.1 Å². The molecule has 4 N–H and O–H groups in total. The molecule has 1 aromatic rings. The Morgan fingerprint density at radius 1 is 1.50 bits per heavy atom. The highest BCUT2D eigenvalue weighted by molar-refractivity contribution is 5.81. The number of anilines is 2. The number of hydrazine groups is 1. The van der Waals surface area contributed by atoms with Gasteiger partial charge in [0.15, 0.2) is 0 Å². The van der Waals surface area contributed by atoms with Gasteiger partial charge in [0.25, 0.3) is 0 Å². The smallest absolute Gasteiger partial charge is 0.329 e. The molecule has 1 amide bonds. The summed E-state index contributed by atoms with van der Waals surface area (Å²) in [6.07, 6.45) is 3.01. The molecule has 1 saturated heterocycles. The van der Waals surface area contributed by atoms with E-state index in [1.54, 1.807) is 4.90 Å². The van der Waals surface area contributed by atoms with Gasteiger partial charge in [0.2, 0.25) is 17.7 Å². The van der Waals surface area contributed by atoms with Crippen LogP contribution in [0.5, 0.6) is 0 Å². The average molecular weight is 281 g/mol. The molecule has 20 heavy (non-hydrogen) atoms. The van der Waals surface area contributed by atoms with Crippen molar-refractivity contribution < 1.29 is 9.72 Å². The summed E-state index contributed by atoms with van der Waals surface area (Å²) in [7, 11) is 0. The predicted molar refractivity (Wildman–Crippen MR) is 70.8 cm³/mol. The van der Waals surface area contributed by atoms with Crippen molar-refractivity contribution in [2.75, 3.05) is 30.4 Å². The third kappa shape index (κ3) is 3.09. The van der Waals surface area contributed by atoms with Crippen molar-refractivity contribution in [3.05, 3.63) is 16.3 Å². The number of nitro groups is 1. The molecule has 1 aliphatic heterocycles. The fraction of sp³-hybridized carbons (Fsp3) is 0.500. The number of carbonyl (C=O) groups is 1. The Bertz CT molecular complexity index is 516. The minimum atomic E-state index is -0.622. The molecule has 1 aliphatic rings. The fourth-order valence-electron chi connectivity index (χ4n) is 1.95. The summed E-state index contributed by atoms with van der Waals surface area (Å²) in [5, 5.41) is 13.5. The third-order valence-electron chi connectivity index (χ3n) is 2.96. The number of aromatic nitrogens is 2. The highest BCUT2D eigenvalue weighted by atomic mass is 16.6. The zero-order valence-corrected chi connectivity index (χ0v) is 10.7. The quantitative estimate of drug-likeness (QED) is 0.380. The fourth-order valence-corrected chi connectivity index (χ4v) is 1.95. The van der Waals surface area contributed by atoms with Gasteiger partial charge in [-0.05, 0) is 12.8 Å². The predicted octanol–water partition coefficient (Wildman–Crippen LogP) is -0.295. The number of nitrogens with two attached hydrogens (primary N) is 1. The summed E-state index contributed by atoms with van der Waals surface area (Å²) < 4.78 is 0. The molecular formula is C10H15N7O3. The van der Waals surface area contributed by atoms with E-state index in [1.165, 1.54) is 0 Å². The van der Waals surface area contributed by atoms with Crippen molar-refractivity contribution in [3.63, 3.8) is 0 Å². The minimum Gasteiger partial charge on any atom is -0.355 e. The van der Waals surface area contributed by atoms with Crippen LogP contribution in [0.2, 0.25) is 0 Å². The Kier molecular flexibility index (Phi) is 4.25. The summed E-state index contributed by atoms with van der Waals surface area (Å²) in [6.45, 7) is 1.39. The Labute approximate surface area is 114 Å². The molecule has 108 valence electrons. The van der Waals surface area contributed by atoms with E-state index in [-0.39, 0.29) is 29.9 Å². The lowest BCUT2D eigenvalue weighted by atomic mass is 10.4. The number of amides is 1. The van der Waals surface area contributed by atoms with Gasteiger partial charge < -0.3 is 10.2 Å². The molecule has 0 saturated carbocycles. The number of likely N-dealkylation sites (tertiary alicyclic amines) is 1. The highest BCUT2D eigenvalue weighted by Gasteiger charge is 2.21. The van der Waals surface area contributed by atoms with Crippen LogP contribution in [-0.2, 0) is 4.79 Å². The first-order valence-corrected chi connectivity index (χ1v) is 6.11. The SMILES string of the molecule is NNc1ncc([N+](=O)[O-])c(NCC(=O)N2CCCC2)n1. The van der Waals surface area contributed by atoms with Crippen LogP contribution in [0.15, 0.2) is 6.20 Å². The molecule has 0 unspecified atom stereocenters. The van der Waals surface area contributed by atoms with Crippen LogP contribution in [-0.4, -0.2) is 45.3 Å². The van der Waals surface area contributed by atoms with Crippen LogP contribution < -0.4 is 16.6 Å². The van der Waals surface area contributed by atoms with Gasteiger partial charge in [-0.3, -0.25) is 20.3 Å². The molecule has 0 aromatic carbocycles. The first kappa shape index (κ1) is 13.9. The zero-order chi connectivity index (χ0) is 14.5. The standard InChI is InChI=1S/C10H15N7O3/c11-15-10-13-5-7(17(19)20)9(14-10)12-6-8(18)16-3-1-2-4-16/h5H,1-4,6,11H2,(H2,12,13,14,15). The molecule has 10 heteroatoms. The van der Waals surface area contributed by atoms with Gasteiger partial charge in [0.05, 0.1) is 11.5 Å². The van der Waals surface area contributed by atoms with Gasteiger partial charge in [-0.1, -0.05) is 0 Å². The number of nitrogens with one attached hydrogen (secondary N) is 2. The van der Waals surface area contributed by atoms with Crippen LogP contribution in [0.4, 0.5) is 17.5 Å². The molecule has 0 spiro atoms. The Hall–Kier alpha value is -2.49. The number of hydrogen-bond acceptors (Lipinski definition) is 8. The Morgan fingerprint density at radius 3 is 2.80 bits per heavy atom. The lowest BCUT2D eigenvalue weighted by Crippen LogP contribution is -2.33. The highest BCUT2D eigenvalue weighted by Crippen LogP contribution is 2.21. The van der Waals surface area contributed by atoms with E-state index in [1.807, 2.05) is 0 Å². The summed E-state index contributed by atoms with van der Waals surface area (Å²) in [6, 6.07) is 0. The van der Waals surface area contributed by atoms with Crippen molar-refractivity contribution in [2.24, 2.45) is 5.84 Å². The van der Waals surface area contributed by atoms with Crippen molar-refractivity contribution in [2.45, 2.75) is 12.8 Å². The average Bonchev–Trinajstić information content (AvgIpc) is 2.98. The summed E-state index contributed by atoms with van der Waals surface area (Å²) in [5.74, 6) is 5.04. The van der Waals surface area contributed by atoms with E-state index >= 15 is 0 Å². The monoisotopic (exact) mass is 281 g/mol. The minimum absolute atomic E-state index is 0.0340. The van der Waals surface area contributed by atoms with Crippen LogP contribution in [0.1, 0.15) is 12.8 Å². The summed E-state index contributed by atoms with van der Waals surface area (Å²) >= 11 is 0. The van der Waals surface area contributed by atoms with Crippen molar-refractivity contribution in [1.82, 2.24) is 14.9 Å². The number of nitrogen functional groups attached to an aromatic ring is 1. The number of carbonyl (C=O) groups excluding carboxylic acids is 1. The van der Waals surface area contributed by atoms with E-state index in [0.29, 0.717) is 0 Å². The third-order valence-corrected chi connectivity index (χ3v) is 2.96. The second-order valence-corrected chi connectivity index (χ2v) is 4.27. The maximum atomic E-state index is 11.9. The molecule has 2 rings (SSSR count). The van der Waals surface area contributed by atoms with Gasteiger partial charge in [0, 0.05) is 13.1 Å². The Morgan fingerprint density at radius 2 is 2.20 bits per heavy atom. The number of rotatable bonds is 5. The largest absolute Gasteiger partial charge is 0.355 e. The lowest BCUT2D eigenvalue weighted by molar-refractivity contribution is -0.384. The van der Waals surface area contributed by atoms with Crippen LogP contribution >= 0.6 is 0 Å². The Balaban J connectivity index is 2.06. The van der Waals surface area contributed by atoms with E-state index in [2.05, 4.69) is 20.7 Å². The molecule has 0 atom stereocenters. The van der Waals surface area contributed by atoms with Crippen molar-refractivity contribution in [3.8, 4) is 0 Å². The molecule has 2 heterocycles. The number of nitrogens with zero attached hydrogens (tertiary/aromatic N) is 4. The number of hydrogen-bond donors (Lipinski definition) is 3. The maximum Gasteiger partial charge on any atom is 0.329 e. The second-order valence-electron chi connectivity index (χ2n) is 4.27. The van der Waals surface area contributed by atoms with Gasteiger partial charge in [-0.2, -0.15) is 4.98 Å². The molecule has 1 aromatic heterocycles. The normalized spacial score (nSPS) is 14.2. The van der Waals surface area contributed by atoms with Crippen molar-refractivity contribution in [1.29, 1.82) is 0 Å². The molecule has 0 bridgehead atoms. The van der Waals surface area contributed by atoms with Gasteiger partial charge in [0.1, 0.15) is 6.20 Å². The molecule has 1 fully saturated rings. The van der Waals surface area contributed by atoms with Crippen LogP contribution in [0.3, 0.4) is 0 Å². The summed E-state index contributed by atoms with van der Waals surface area (Å²) in [5.41, 5.74) is 1.89. The van der Waals surface area contributed by atoms with Crippen LogP contribution in [0, 0.1) is 10.1 Å².